The van der Waals surface area contributed by atoms with E-state index in [4.69, 9.17) is 0 Å². The first kappa shape index (κ1) is 23.2. The fraction of sp³-hybridized carbons (Fsp3) is 0.773. The summed E-state index contributed by atoms with van der Waals surface area (Å²) in [5, 5.41) is 7.51. The van der Waals surface area contributed by atoms with Gasteiger partial charge in [-0.15, -0.1) is 0 Å². The number of hydrogen-bond acceptors (Lipinski definition) is 5. The molecule has 1 saturated carbocycles. The van der Waals surface area contributed by atoms with Crippen LogP contribution >= 0.6 is 0 Å². The molecule has 4 rings (SSSR count). The van der Waals surface area contributed by atoms with Gasteiger partial charge in [0.05, 0.1) is 17.3 Å². The number of nitrogens with zero attached hydrogens (tertiary/aromatic N) is 4. The van der Waals surface area contributed by atoms with Gasteiger partial charge in [-0.2, -0.15) is 9.40 Å². The Hall–Kier alpha value is -1.94. The number of rotatable bonds is 6. The van der Waals surface area contributed by atoms with Gasteiger partial charge >= 0.3 is 0 Å². The summed E-state index contributed by atoms with van der Waals surface area (Å²) >= 11 is 0. The van der Waals surface area contributed by atoms with Crippen molar-refractivity contribution >= 4 is 21.8 Å². The molecule has 10 heteroatoms. The number of aromatic nitrogens is 2. The van der Waals surface area contributed by atoms with E-state index < -0.39 is 10.0 Å². The van der Waals surface area contributed by atoms with Crippen LogP contribution in [0.5, 0.6) is 0 Å². The summed E-state index contributed by atoms with van der Waals surface area (Å²) in [6.07, 6.45) is 7.66. The lowest BCUT2D eigenvalue weighted by Crippen LogP contribution is -2.47. The van der Waals surface area contributed by atoms with E-state index in [1.54, 1.807) is 13.8 Å². The molecule has 0 bridgehead atoms. The third kappa shape index (κ3) is 4.71. The van der Waals surface area contributed by atoms with Crippen molar-refractivity contribution in [2.45, 2.75) is 82.7 Å². The van der Waals surface area contributed by atoms with Gasteiger partial charge in [0.1, 0.15) is 11.4 Å². The summed E-state index contributed by atoms with van der Waals surface area (Å²) in [6, 6.07) is 0.227. The van der Waals surface area contributed by atoms with E-state index in [9.17, 15) is 18.0 Å². The highest BCUT2D eigenvalue weighted by molar-refractivity contribution is 7.89. The zero-order chi connectivity index (χ0) is 22.9. The molecule has 0 spiro atoms. The number of aryl methyl sites for hydroxylation is 1. The normalized spacial score (nSPS) is 23.1. The highest BCUT2D eigenvalue weighted by Gasteiger charge is 2.37. The summed E-state index contributed by atoms with van der Waals surface area (Å²) in [5.41, 5.74) is 0.877. The smallest absolute Gasteiger partial charge is 0.246 e. The minimum Gasteiger partial charge on any atom is -0.353 e. The van der Waals surface area contributed by atoms with Crippen molar-refractivity contribution < 1.29 is 18.0 Å². The molecule has 0 radical (unpaired) electrons. The molecule has 1 aromatic heterocycles. The van der Waals surface area contributed by atoms with E-state index in [0.717, 1.165) is 51.6 Å². The summed E-state index contributed by atoms with van der Waals surface area (Å²) < 4.78 is 30.0. The van der Waals surface area contributed by atoms with Gasteiger partial charge in [0.2, 0.25) is 21.8 Å². The van der Waals surface area contributed by atoms with E-state index in [1.165, 1.54) is 8.99 Å². The molecule has 0 unspecified atom stereocenters. The molecule has 1 atom stereocenters. The van der Waals surface area contributed by atoms with Crippen molar-refractivity contribution in [3.05, 3.63) is 11.4 Å². The van der Waals surface area contributed by atoms with Crippen molar-refractivity contribution in [2.75, 3.05) is 26.2 Å². The van der Waals surface area contributed by atoms with Crippen molar-refractivity contribution in [1.82, 2.24) is 24.3 Å². The van der Waals surface area contributed by atoms with Gasteiger partial charge in [-0.3, -0.25) is 14.3 Å². The van der Waals surface area contributed by atoms with E-state index in [1.807, 2.05) is 4.90 Å². The van der Waals surface area contributed by atoms with Gasteiger partial charge in [0.15, 0.2) is 0 Å². The number of sulfonamides is 1. The first-order valence-corrected chi connectivity index (χ1v) is 13.3. The lowest BCUT2D eigenvalue weighted by Gasteiger charge is -2.32. The monoisotopic (exact) mass is 465 g/mol. The molecule has 3 heterocycles. The van der Waals surface area contributed by atoms with Crippen molar-refractivity contribution in [3.8, 4) is 0 Å². The molecular formula is C22H35N5O4S. The Labute approximate surface area is 190 Å². The number of hydrogen-bond donors (Lipinski definition) is 1. The van der Waals surface area contributed by atoms with Crippen LogP contribution in [0.25, 0.3) is 0 Å². The zero-order valence-corrected chi connectivity index (χ0v) is 20.0. The number of nitrogens with one attached hydrogen (secondary N) is 1. The predicted molar refractivity (Wildman–Crippen MR) is 119 cm³/mol. The van der Waals surface area contributed by atoms with Crippen LogP contribution in [0.3, 0.4) is 0 Å². The lowest BCUT2D eigenvalue weighted by atomic mass is 9.98. The first-order chi connectivity index (χ1) is 15.3. The minimum atomic E-state index is -3.81. The molecule has 1 N–H and O–H groups in total. The van der Waals surface area contributed by atoms with Crippen LogP contribution in [0.4, 0.5) is 0 Å². The average Bonchev–Trinajstić information content (AvgIpc) is 3.51. The Morgan fingerprint density at radius 1 is 1.00 bits per heavy atom. The van der Waals surface area contributed by atoms with Crippen LogP contribution in [-0.4, -0.2) is 71.4 Å². The van der Waals surface area contributed by atoms with Gasteiger partial charge in [-0.1, -0.05) is 12.8 Å². The van der Waals surface area contributed by atoms with Crippen molar-refractivity contribution in [2.24, 2.45) is 5.92 Å². The second-order valence-corrected chi connectivity index (χ2v) is 11.3. The number of carbonyl (C=O) groups is 2. The fourth-order valence-electron chi connectivity index (χ4n) is 5.30. The predicted octanol–water partition coefficient (Wildman–Crippen LogP) is 1.58. The molecule has 3 fully saturated rings. The van der Waals surface area contributed by atoms with Gasteiger partial charge in [-0.05, 0) is 52.4 Å². The summed E-state index contributed by atoms with van der Waals surface area (Å²) in [5.74, 6) is -0.387. The molecular weight excluding hydrogens is 430 g/mol. The van der Waals surface area contributed by atoms with Crippen molar-refractivity contribution in [1.29, 1.82) is 0 Å². The average molecular weight is 466 g/mol. The Kier molecular flexibility index (Phi) is 6.90. The molecule has 1 aromatic rings. The Morgan fingerprint density at radius 2 is 1.69 bits per heavy atom. The third-order valence-electron chi connectivity index (χ3n) is 7.11. The highest BCUT2D eigenvalue weighted by Crippen LogP contribution is 2.28. The van der Waals surface area contributed by atoms with Crippen LogP contribution in [0.1, 0.15) is 62.8 Å². The Bertz CT molecular complexity index is 961. The largest absolute Gasteiger partial charge is 0.353 e. The fourth-order valence-corrected chi connectivity index (χ4v) is 7.19. The highest BCUT2D eigenvalue weighted by atomic mass is 32.2. The number of carbonyl (C=O) groups excluding carboxylic acids is 2. The standard InChI is InChI=1S/C22H35N5O4S/c1-16-21(17(2)27(24-16)15-20(28)25-11-5-6-12-25)32(30,31)26-13-7-8-18(14-26)22(29)23-19-9-3-4-10-19/h18-19H,3-15H2,1-2H3,(H,23,29)/t18-/m1/s1. The maximum atomic E-state index is 13.5. The van der Waals surface area contributed by atoms with E-state index in [-0.39, 0.29) is 41.8 Å². The molecule has 32 heavy (non-hydrogen) atoms. The quantitative estimate of drug-likeness (QED) is 0.687. The summed E-state index contributed by atoms with van der Waals surface area (Å²) in [6.45, 7) is 5.52. The summed E-state index contributed by atoms with van der Waals surface area (Å²) in [4.78, 5) is 27.3. The van der Waals surface area contributed by atoms with Crippen LogP contribution in [0, 0.1) is 19.8 Å². The molecule has 9 nitrogen and oxygen atoms in total. The summed E-state index contributed by atoms with van der Waals surface area (Å²) in [7, 11) is -3.81. The van der Waals surface area contributed by atoms with Crippen LogP contribution in [0.2, 0.25) is 0 Å². The maximum Gasteiger partial charge on any atom is 0.246 e. The van der Waals surface area contributed by atoms with E-state index in [0.29, 0.717) is 30.8 Å². The second-order valence-electron chi connectivity index (χ2n) is 9.44. The van der Waals surface area contributed by atoms with Gasteiger partial charge in [0.25, 0.3) is 0 Å². The zero-order valence-electron chi connectivity index (χ0n) is 19.2. The Morgan fingerprint density at radius 3 is 2.38 bits per heavy atom. The van der Waals surface area contributed by atoms with Crippen LogP contribution < -0.4 is 5.32 Å². The van der Waals surface area contributed by atoms with Crippen LogP contribution in [0.15, 0.2) is 4.90 Å². The molecule has 2 amide bonds. The second kappa shape index (κ2) is 9.51. The Balaban J connectivity index is 1.47. The number of amides is 2. The number of likely N-dealkylation sites (tertiary alicyclic amines) is 1. The minimum absolute atomic E-state index is 0.0290. The van der Waals surface area contributed by atoms with Gasteiger partial charge in [-0.25, -0.2) is 8.42 Å². The van der Waals surface area contributed by atoms with Crippen molar-refractivity contribution in [3.63, 3.8) is 0 Å². The molecule has 178 valence electrons. The first-order valence-electron chi connectivity index (χ1n) is 11.9. The molecule has 0 aromatic carbocycles. The maximum absolute atomic E-state index is 13.5. The van der Waals surface area contributed by atoms with E-state index in [2.05, 4.69) is 10.4 Å². The van der Waals surface area contributed by atoms with Crippen LogP contribution in [-0.2, 0) is 26.2 Å². The van der Waals surface area contributed by atoms with Gasteiger partial charge in [0, 0.05) is 32.2 Å². The molecule has 1 aliphatic carbocycles. The van der Waals surface area contributed by atoms with Gasteiger partial charge < -0.3 is 10.2 Å². The molecule has 2 saturated heterocycles. The third-order valence-corrected chi connectivity index (χ3v) is 9.23. The topological polar surface area (TPSA) is 105 Å². The SMILES string of the molecule is Cc1nn(CC(=O)N2CCCC2)c(C)c1S(=O)(=O)N1CCC[C@@H](C(=O)NC2CCCC2)C1. The van der Waals surface area contributed by atoms with E-state index >= 15 is 0 Å². The lowest BCUT2D eigenvalue weighted by molar-refractivity contribution is -0.131. The number of piperidine rings is 1. The molecule has 2 aliphatic heterocycles. The molecule has 3 aliphatic rings.